The molecule has 0 aliphatic heterocycles. The van der Waals surface area contributed by atoms with E-state index in [1.165, 1.54) is 12.9 Å². The van der Waals surface area contributed by atoms with E-state index < -0.39 is 8.00 Å². The number of rotatable bonds is 1. The minimum Gasteiger partial charge on any atom is -0.603 e. The molecule has 1 atom stereocenters. The van der Waals surface area contributed by atoms with E-state index in [9.17, 15) is 4.89 Å². The standard InChI is InChI=1S/C3H7O2P/c1-3-6(4)5-2/h3H,1-2H3. The maximum atomic E-state index is 10.1. The molecule has 0 N–H and O–H groups in total. The quantitative estimate of drug-likeness (QED) is 0.445. The van der Waals surface area contributed by atoms with Crippen molar-refractivity contribution in [3.63, 3.8) is 0 Å². The third kappa shape index (κ3) is 2.33. The smallest absolute Gasteiger partial charge is 0.216 e. The summed E-state index contributed by atoms with van der Waals surface area (Å²) in [5, 5.41) is 0. The molecule has 0 bridgehead atoms. The highest BCUT2D eigenvalue weighted by molar-refractivity contribution is 7.44. The van der Waals surface area contributed by atoms with Crippen molar-refractivity contribution in [1.29, 1.82) is 0 Å². The Labute approximate surface area is 38.3 Å². The molecule has 36 valence electrons. The van der Waals surface area contributed by atoms with Crippen LogP contribution in [0.4, 0.5) is 0 Å². The Hall–Kier alpha value is 0.0900. The van der Waals surface area contributed by atoms with E-state index in [1.807, 2.05) is 0 Å². The fraction of sp³-hybridized carbons (Fsp3) is 0.667. The van der Waals surface area contributed by atoms with Crippen LogP contribution in [0.5, 0.6) is 0 Å². The van der Waals surface area contributed by atoms with Crippen LogP contribution in [-0.4, -0.2) is 12.9 Å². The van der Waals surface area contributed by atoms with E-state index in [1.54, 1.807) is 6.92 Å². The molecule has 1 unspecified atom stereocenters. The Balaban J connectivity index is 3.22. The van der Waals surface area contributed by atoms with Crippen molar-refractivity contribution < 1.29 is 9.42 Å². The molecule has 3 heteroatoms. The van der Waals surface area contributed by atoms with Crippen molar-refractivity contribution in [2.75, 3.05) is 7.11 Å². The van der Waals surface area contributed by atoms with Crippen LogP contribution in [0.3, 0.4) is 0 Å². The molecular formula is C3H7O2P. The first-order valence-electron chi connectivity index (χ1n) is 1.61. The molecule has 0 spiro atoms. The highest BCUT2D eigenvalue weighted by Gasteiger charge is 1.80. The van der Waals surface area contributed by atoms with Gasteiger partial charge in [-0.15, -0.1) is 0 Å². The second-order valence-corrected chi connectivity index (χ2v) is 2.18. The summed E-state index contributed by atoms with van der Waals surface area (Å²) in [6.07, 6.45) is 0. The molecular weight excluding hydrogens is 99.0 g/mol. The second kappa shape index (κ2) is 3.29. The average Bonchev–Trinajstić information content (AvgIpc) is 1.65. The summed E-state index contributed by atoms with van der Waals surface area (Å²) in [5.74, 6) is 1.51. The third-order valence-electron chi connectivity index (χ3n) is 0.391. The monoisotopic (exact) mass is 106 g/mol. The van der Waals surface area contributed by atoms with E-state index in [0.29, 0.717) is 0 Å². The van der Waals surface area contributed by atoms with Gasteiger partial charge >= 0.3 is 0 Å². The minimum atomic E-state index is -1.45. The summed E-state index contributed by atoms with van der Waals surface area (Å²) in [7, 11) is -0.0358. The average molecular weight is 106 g/mol. The largest absolute Gasteiger partial charge is 0.603 e. The van der Waals surface area contributed by atoms with Crippen LogP contribution in [0, 0.1) is 0 Å². The van der Waals surface area contributed by atoms with Crippen molar-refractivity contribution in [2.45, 2.75) is 6.92 Å². The van der Waals surface area contributed by atoms with E-state index in [2.05, 4.69) is 4.52 Å². The van der Waals surface area contributed by atoms with Gasteiger partial charge in [0.2, 0.25) is 8.00 Å². The molecule has 0 aromatic heterocycles. The van der Waals surface area contributed by atoms with Crippen LogP contribution in [0.25, 0.3) is 0 Å². The maximum absolute atomic E-state index is 10.1. The van der Waals surface area contributed by atoms with E-state index in [-0.39, 0.29) is 0 Å². The molecule has 0 amide bonds. The van der Waals surface area contributed by atoms with E-state index >= 15 is 0 Å². The topological polar surface area (TPSA) is 32.3 Å². The summed E-state index contributed by atoms with van der Waals surface area (Å²) in [4.78, 5) is 10.1. The summed E-state index contributed by atoms with van der Waals surface area (Å²) in [5.41, 5.74) is 0. The van der Waals surface area contributed by atoms with E-state index in [4.69, 9.17) is 0 Å². The summed E-state index contributed by atoms with van der Waals surface area (Å²) in [6, 6.07) is 0. The predicted molar refractivity (Wildman–Crippen MR) is 25.7 cm³/mol. The van der Waals surface area contributed by atoms with Gasteiger partial charge < -0.3 is 4.89 Å². The van der Waals surface area contributed by atoms with Gasteiger partial charge in [-0.25, -0.2) is 0 Å². The fourth-order valence-corrected chi connectivity index (χ4v) is 0.316. The zero-order valence-electron chi connectivity index (χ0n) is 3.84. The van der Waals surface area contributed by atoms with Crippen LogP contribution < -0.4 is 4.89 Å². The second-order valence-electron chi connectivity index (χ2n) is 0.726. The molecule has 0 aromatic carbocycles. The molecule has 6 heavy (non-hydrogen) atoms. The Morgan fingerprint density at radius 3 is 2.33 bits per heavy atom. The van der Waals surface area contributed by atoms with E-state index in [0.717, 1.165) is 0 Å². The molecule has 0 saturated heterocycles. The van der Waals surface area contributed by atoms with Gasteiger partial charge in [0.25, 0.3) is 0 Å². The zero-order chi connectivity index (χ0) is 4.99. The lowest BCUT2D eigenvalue weighted by molar-refractivity contribution is -0.169. The van der Waals surface area contributed by atoms with Crippen LogP contribution in [0.1, 0.15) is 6.92 Å². The van der Waals surface area contributed by atoms with Crippen LogP contribution in [0.15, 0.2) is 0 Å². The molecule has 0 rings (SSSR count). The lowest BCUT2D eigenvalue weighted by Crippen LogP contribution is -1.87. The summed E-state index contributed by atoms with van der Waals surface area (Å²) >= 11 is 0. The molecule has 0 fully saturated rings. The van der Waals surface area contributed by atoms with Gasteiger partial charge in [0.15, 0.2) is 0 Å². The van der Waals surface area contributed by atoms with Crippen molar-refractivity contribution in [2.24, 2.45) is 0 Å². The Morgan fingerprint density at radius 2 is 2.33 bits per heavy atom. The number of hydrogen-bond acceptors (Lipinski definition) is 2. The van der Waals surface area contributed by atoms with Gasteiger partial charge in [-0.05, 0) is 6.92 Å². The van der Waals surface area contributed by atoms with Crippen molar-refractivity contribution in [3.05, 3.63) is 0 Å². The van der Waals surface area contributed by atoms with Gasteiger partial charge in [-0.3, -0.25) is 0 Å². The van der Waals surface area contributed by atoms with Crippen molar-refractivity contribution in [1.82, 2.24) is 0 Å². The first-order chi connectivity index (χ1) is 2.81. The Morgan fingerprint density at radius 1 is 1.83 bits per heavy atom. The molecule has 0 aromatic rings. The van der Waals surface area contributed by atoms with Crippen LogP contribution in [0.2, 0.25) is 0 Å². The lowest BCUT2D eigenvalue weighted by Gasteiger charge is -1.84. The van der Waals surface area contributed by atoms with Gasteiger partial charge in [0.05, 0.1) is 7.11 Å². The van der Waals surface area contributed by atoms with Gasteiger partial charge in [0.1, 0.15) is 5.80 Å². The van der Waals surface area contributed by atoms with Crippen LogP contribution in [-0.2, 0) is 4.52 Å². The molecule has 2 nitrogen and oxygen atoms in total. The highest BCUT2D eigenvalue weighted by Crippen LogP contribution is 2.05. The molecule has 0 saturated carbocycles. The van der Waals surface area contributed by atoms with Crippen LogP contribution >= 0.6 is 8.00 Å². The lowest BCUT2D eigenvalue weighted by atomic mass is 11.0. The summed E-state index contributed by atoms with van der Waals surface area (Å²) < 4.78 is 4.35. The highest BCUT2D eigenvalue weighted by atomic mass is 31.1. The van der Waals surface area contributed by atoms with Crippen molar-refractivity contribution >= 4 is 13.8 Å². The molecule has 0 aliphatic rings. The Bertz CT molecular complexity index is 59.8. The predicted octanol–water partition coefficient (Wildman–Crippen LogP) is 0.127. The first kappa shape index (κ1) is 6.09. The zero-order valence-corrected chi connectivity index (χ0v) is 4.74. The number of hydrogen-bond donors (Lipinski definition) is 0. The molecule has 0 heterocycles. The maximum Gasteiger partial charge on any atom is 0.216 e. The Kier molecular flexibility index (Phi) is 3.34. The van der Waals surface area contributed by atoms with Crippen molar-refractivity contribution in [3.8, 4) is 0 Å². The molecule has 0 aliphatic carbocycles. The van der Waals surface area contributed by atoms with Gasteiger partial charge in [-0.2, -0.15) is 4.52 Å². The SMILES string of the molecule is C/C=[P+](\[O-])OC. The van der Waals surface area contributed by atoms with Gasteiger partial charge in [-0.1, -0.05) is 0 Å². The first-order valence-corrected chi connectivity index (χ1v) is 2.86. The third-order valence-corrected chi connectivity index (χ3v) is 1.17. The normalized spacial score (nSPS) is 12.2. The fourth-order valence-electron chi connectivity index (χ4n) is 0.105. The van der Waals surface area contributed by atoms with Gasteiger partial charge in [0, 0.05) is 0 Å². The minimum absolute atomic E-state index is 1.42. The summed E-state index contributed by atoms with van der Waals surface area (Å²) in [6.45, 7) is 1.70. The molecule has 0 radical (unpaired) electrons.